The molecule has 0 radical (unpaired) electrons. The zero-order valence-electron chi connectivity index (χ0n) is 12.9. The second-order valence-corrected chi connectivity index (χ2v) is 6.96. The first-order valence-electron chi connectivity index (χ1n) is 7.28. The molecule has 25 heavy (non-hydrogen) atoms. The first-order chi connectivity index (χ1) is 12.1. The van der Waals surface area contributed by atoms with Gasteiger partial charge in [0.15, 0.2) is 30.7 Å². The summed E-state index contributed by atoms with van der Waals surface area (Å²) in [6.45, 7) is 3.30. The topological polar surface area (TPSA) is 112 Å². The number of nitrogens with zero attached hydrogens (tertiary/aromatic N) is 4. The first kappa shape index (κ1) is 18.3. The molecule has 1 aliphatic heterocycles. The Labute approximate surface area is 147 Å². The molecule has 136 valence electrons. The van der Waals surface area contributed by atoms with Gasteiger partial charge in [-0.15, -0.1) is 0 Å². The summed E-state index contributed by atoms with van der Waals surface area (Å²) in [4.78, 5) is 21.5. The van der Waals surface area contributed by atoms with Crippen LogP contribution in [0.3, 0.4) is 0 Å². The van der Waals surface area contributed by atoms with Crippen LogP contribution in [-0.2, 0) is 21.1 Å². The average Bonchev–Trinajstić information content (AvgIpc) is 3.15. The summed E-state index contributed by atoms with van der Waals surface area (Å²) in [5.41, 5.74) is 0.632. The Morgan fingerprint density at radius 1 is 1.48 bits per heavy atom. The number of alkyl halides is 1. The highest BCUT2D eigenvalue weighted by atomic mass is 32.4. The molecule has 9 nitrogen and oxygen atoms in total. The zero-order valence-corrected chi connectivity index (χ0v) is 14.7. The molecule has 3 heterocycles. The van der Waals surface area contributed by atoms with E-state index < -0.39 is 38.4 Å². The number of aliphatic hydroxyl groups excluding tert-OH is 1. The molecule has 5 atom stereocenters. The van der Waals surface area contributed by atoms with Crippen LogP contribution in [0.25, 0.3) is 11.2 Å². The van der Waals surface area contributed by atoms with Gasteiger partial charge in [-0.05, 0) is 11.8 Å². The molecule has 1 saturated heterocycles. The van der Waals surface area contributed by atoms with Gasteiger partial charge >= 0.3 is 0 Å². The fourth-order valence-corrected chi connectivity index (χ4v) is 3.43. The number of halogens is 1. The molecule has 2 N–H and O–H groups in total. The van der Waals surface area contributed by atoms with Gasteiger partial charge in [0.25, 0.3) is 0 Å². The Morgan fingerprint density at radius 2 is 2.28 bits per heavy atom. The van der Waals surface area contributed by atoms with Crippen molar-refractivity contribution >= 4 is 30.1 Å². The van der Waals surface area contributed by atoms with E-state index in [1.165, 1.54) is 17.2 Å². The molecule has 2 aromatic rings. The van der Waals surface area contributed by atoms with Crippen LogP contribution in [0.15, 0.2) is 25.3 Å². The van der Waals surface area contributed by atoms with Crippen LogP contribution in [0, 0.1) is 0 Å². The largest absolute Gasteiger partial charge is 0.472 e. The first-order valence-corrected chi connectivity index (χ1v) is 9.76. The number of hydrogen-bond acceptors (Lipinski definition) is 8. The number of aromatic nitrogens is 4. The van der Waals surface area contributed by atoms with E-state index in [1.54, 1.807) is 6.08 Å². The highest BCUT2D eigenvalue weighted by molar-refractivity contribution is 8.00. The third kappa shape index (κ3) is 3.57. The second kappa shape index (κ2) is 7.81. The molecular weight excluding hydrogens is 374 g/mol. The SMILES string of the molecule is C=CCOc1ncnc2c1ncn2C1O[C@H](CO)[C@@H](O[PH](O)=S)[C@H]1F. The third-order valence-corrected chi connectivity index (χ3v) is 4.38. The monoisotopic (exact) mass is 390 g/mol. The van der Waals surface area contributed by atoms with Crippen molar-refractivity contribution in [3.05, 3.63) is 25.3 Å². The fraction of sp³-hybridized carbons (Fsp3) is 0.462. The zero-order chi connectivity index (χ0) is 18.0. The van der Waals surface area contributed by atoms with Crippen LogP contribution in [0.2, 0.25) is 0 Å². The van der Waals surface area contributed by atoms with Crippen LogP contribution >= 0.6 is 7.15 Å². The van der Waals surface area contributed by atoms with E-state index in [0.29, 0.717) is 11.2 Å². The van der Waals surface area contributed by atoms with E-state index in [9.17, 15) is 14.4 Å². The fourth-order valence-electron chi connectivity index (χ4n) is 2.58. The summed E-state index contributed by atoms with van der Waals surface area (Å²) in [6, 6.07) is 0. The van der Waals surface area contributed by atoms with E-state index >= 15 is 0 Å². The van der Waals surface area contributed by atoms with Crippen LogP contribution in [0.4, 0.5) is 4.39 Å². The van der Waals surface area contributed by atoms with E-state index in [1.807, 2.05) is 0 Å². The molecule has 1 aliphatic rings. The maximum Gasteiger partial charge on any atom is 0.245 e. The molecule has 0 aromatic carbocycles. The summed E-state index contributed by atoms with van der Waals surface area (Å²) < 4.78 is 32.1. The molecule has 2 aromatic heterocycles. The van der Waals surface area contributed by atoms with Gasteiger partial charge in [0.1, 0.15) is 25.1 Å². The van der Waals surface area contributed by atoms with Gasteiger partial charge in [-0.1, -0.05) is 12.7 Å². The number of fused-ring (bicyclic) bond motifs is 1. The summed E-state index contributed by atoms with van der Waals surface area (Å²) in [7, 11) is -2.57. The normalized spacial score (nSPS) is 27.5. The smallest absolute Gasteiger partial charge is 0.245 e. The molecule has 0 bridgehead atoms. The van der Waals surface area contributed by atoms with Gasteiger partial charge in [-0.2, -0.15) is 4.98 Å². The molecule has 12 heteroatoms. The van der Waals surface area contributed by atoms with E-state index in [0.717, 1.165) is 0 Å². The van der Waals surface area contributed by atoms with Crippen molar-refractivity contribution in [1.29, 1.82) is 0 Å². The van der Waals surface area contributed by atoms with Crippen LogP contribution in [0.1, 0.15) is 6.23 Å². The standard InChI is InChI=1S/C13H16FN4O5PS/c1-2-3-21-12-9-11(15-5-16-12)18(6-17-9)13-8(14)10(23-24(20)25)7(4-19)22-13/h2,5-8,10,13,19,24H,1,3-4H2,(H,20,25)/t7-,8-,10-,13?/m1/s1. The van der Waals surface area contributed by atoms with Crippen LogP contribution in [0.5, 0.6) is 5.88 Å². The lowest BCUT2D eigenvalue weighted by atomic mass is 10.1. The van der Waals surface area contributed by atoms with Gasteiger partial charge in [0, 0.05) is 0 Å². The summed E-state index contributed by atoms with van der Waals surface area (Å²) >= 11 is 4.61. The van der Waals surface area contributed by atoms with Crippen molar-refractivity contribution in [3.63, 3.8) is 0 Å². The molecule has 1 fully saturated rings. The predicted octanol–water partition coefficient (Wildman–Crippen LogP) is 0.502. The minimum absolute atomic E-state index is 0.229. The van der Waals surface area contributed by atoms with Crippen LogP contribution in [-0.4, -0.2) is 61.1 Å². The van der Waals surface area contributed by atoms with E-state index in [2.05, 4.69) is 33.3 Å². The molecule has 0 aliphatic carbocycles. The van der Waals surface area contributed by atoms with Gasteiger partial charge in [0.05, 0.1) is 12.9 Å². The lowest BCUT2D eigenvalue weighted by Crippen LogP contribution is -2.32. The molecule has 0 saturated carbocycles. The van der Waals surface area contributed by atoms with Crippen molar-refractivity contribution in [1.82, 2.24) is 19.5 Å². The maximum atomic E-state index is 14.8. The van der Waals surface area contributed by atoms with Crippen LogP contribution < -0.4 is 4.74 Å². The van der Waals surface area contributed by atoms with Crippen molar-refractivity contribution < 1.29 is 28.4 Å². The predicted molar refractivity (Wildman–Crippen MR) is 89.7 cm³/mol. The number of aliphatic hydroxyl groups is 1. The summed E-state index contributed by atoms with van der Waals surface area (Å²) in [5.74, 6) is 0.231. The number of hydrogen-bond donors (Lipinski definition) is 2. The summed E-state index contributed by atoms with van der Waals surface area (Å²) in [6.07, 6.45) is -0.821. The number of rotatable bonds is 7. The van der Waals surface area contributed by atoms with E-state index in [4.69, 9.17) is 14.0 Å². The van der Waals surface area contributed by atoms with Crippen molar-refractivity contribution in [2.45, 2.75) is 24.6 Å². The third-order valence-electron chi connectivity index (χ3n) is 3.62. The Morgan fingerprint density at radius 3 is 2.96 bits per heavy atom. The number of ether oxygens (including phenoxy) is 2. The van der Waals surface area contributed by atoms with E-state index in [-0.39, 0.29) is 12.5 Å². The Kier molecular flexibility index (Phi) is 5.72. The second-order valence-electron chi connectivity index (χ2n) is 5.14. The molecule has 3 rings (SSSR count). The lowest BCUT2D eigenvalue weighted by Gasteiger charge is -2.17. The Bertz CT molecular complexity index is 793. The lowest BCUT2D eigenvalue weighted by molar-refractivity contribution is -0.0430. The Balaban J connectivity index is 1.94. The molecule has 2 unspecified atom stereocenters. The van der Waals surface area contributed by atoms with Gasteiger partial charge in [-0.3, -0.25) is 4.57 Å². The maximum absolute atomic E-state index is 14.8. The molecule has 0 spiro atoms. The number of imidazole rings is 1. The molecule has 0 amide bonds. The minimum Gasteiger partial charge on any atom is -0.472 e. The van der Waals surface area contributed by atoms with Gasteiger partial charge < -0.3 is 24.0 Å². The highest BCUT2D eigenvalue weighted by Gasteiger charge is 2.47. The Hall–Kier alpha value is -1.49. The minimum atomic E-state index is -2.57. The van der Waals surface area contributed by atoms with Gasteiger partial charge in [0.2, 0.25) is 5.88 Å². The molecular formula is C13H16FN4O5PS. The average molecular weight is 390 g/mol. The highest BCUT2D eigenvalue weighted by Crippen LogP contribution is 2.39. The van der Waals surface area contributed by atoms with Gasteiger partial charge in [-0.25, -0.2) is 14.4 Å². The summed E-state index contributed by atoms with van der Waals surface area (Å²) in [5, 5.41) is 9.38. The van der Waals surface area contributed by atoms with Crippen molar-refractivity contribution in [3.8, 4) is 5.88 Å². The quantitative estimate of drug-likeness (QED) is 0.516. The van der Waals surface area contributed by atoms with Crippen molar-refractivity contribution in [2.75, 3.05) is 13.2 Å². The van der Waals surface area contributed by atoms with Crippen molar-refractivity contribution in [2.24, 2.45) is 0 Å².